The van der Waals surface area contributed by atoms with Crippen LogP contribution in [0.15, 0.2) is 33.9 Å². The molecule has 0 saturated heterocycles. The lowest BCUT2D eigenvalue weighted by molar-refractivity contribution is -0.113. The molecule has 5 nitrogen and oxygen atoms in total. The number of aromatic nitrogens is 2. The van der Waals surface area contributed by atoms with Crippen molar-refractivity contribution < 1.29 is 4.79 Å². The molecule has 0 bridgehead atoms. The lowest BCUT2D eigenvalue weighted by Gasteiger charge is -2.28. The highest BCUT2D eigenvalue weighted by Crippen LogP contribution is 2.46. The first kappa shape index (κ1) is 20.0. The van der Waals surface area contributed by atoms with Gasteiger partial charge in [-0.2, -0.15) is 0 Å². The second kappa shape index (κ2) is 7.85. The Hall–Kier alpha value is -1.29. The summed E-state index contributed by atoms with van der Waals surface area (Å²) in [7, 11) is 0. The van der Waals surface area contributed by atoms with E-state index in [0.717, 1.165) is 32.6 Å². The Morgan fingerprint density at radius 1 is 1.32 bits per heavy atom. The minimum absolute atomic E-state index is 0.0989. The summed E-state index contributed by atoms with van der Waals surface area (Å²) in [6.07, 6.45) is 0.975. The Morgan fingerprint density at radius 3 is 2.82 bits per heavy atom. The molecular weight excluding hydrogens is 476 g/mol. The molecule has 0 atom stereocenters. The van der Waals surface area contributed by atoms with E-state index in [1.165, 1.54) is 22.2 Å². The van der Waals surface area contributed by atoms with Gasteiger partial charge < -0.3 is 11.1 Å². The molecule has 1 amide bonds. The smallest absolute Gasteiger partial charge is 0.234 e. The fourth-order valence-electron chi connectivity index (χ4n) is 3.08. The Kier molecular flexibility index (Phi) is 5.61. The van der Waals surface area contributed by atoms with Gasteiger partial charge in [-0.3, -0.25) is 4.79 Å². The number of halogens is 1. The van der Waals surface area contributed by atoms with Crippen LogP contribution in [0.3, 0.4) is 0 Å². The van der Waals surface area contributed by atoms with E-state index in [-0.39, 0.29) is 16.4 Å². The predicted octanol–water partition coefficient (Wildman–Crippen LogP) is 5.33. The highest BCUT2D eigenvalue weighted by molar-refractivity contribution is 9.10. The number of nitrogens with one attached hydrogen (secondary N) is 1. The normalized spacial score (nSPS) is 15.4. The quantitative estimate of drug-likeness (QED) is 0.376. The van der Waals surface area contributed by atoms with Gasteiger partial charge in [0.2, 0.25) is 5.91 Å². The first-order valence-corrected chi connectivity index (χ1v) is 12.3. The molecule has 0 fully saturated rings. The number of fused-ring (bicyclic) bond motifs is 3. The number of carbonyl (C=O) groups is 1. The molecule has 4 rings (SSSR count). The molecule has 0 spiro atoms. The number of nitrogen functional groups attached to an aromatic ring is 1. The maximum atomic E-state index is 12.2. The van der Waals surface area contributed by atoms with E-state index in [0.29, 0.717) is 11.0 Å². The van der Waals surface area contributed by atoms with Crippen molar-refractivity contribution in [2.75, 3.05) is 16.8 Å². The van der Waals surface area contributed by atoms with Gasteiger partial charge in [0.15, 0.2) is 5.16 Å². The fourth-order valence-corrected chi connectivity index (χ4v) is 6.40. The summed E-state index contributed by atoms with van der Waals surface area (Å²) in [5.74, 6) is 1.63. The van der Waals surface area contributed by atoms with Crippen LogP contribution in [0.1, 0.15) is 24.3 Å². The topological polar surface area (TPSA) is 80.9 Å². The Balaban J connectivity index is 1.49. The standard InChI is InChI=1S/C19H19BrN4OS3/c1-19(2)7-12-13(8-27-19)28-17-15(12)16(21)23-18(24-17)26-9-14(25)22-11-5-3-10(20)4-6-11/h3-6H,7-9H2,1-2H3,(H,22,25)(H2,21,23,24). The number of carbonyl (C=O) groups excluding carboxylic acids is 1. The summed E-state index contributed by atoms with van der Waals surface area (Å²) in [6, 6.07) is 7.48. The zero-order chi connectivity index (χ0) is 19.9. The number of benzene rings is 1. The van der Waals surface area contributed by atoms with Crippen molar-refractivity contribution >= 4 is 78.4 Å². The van der Waals surface area contributed by atoms with Crippen LogP contribution >= 0.6 is 50.8 Å². The van der Waals surface area contributed by atoms with Crippen LogP contribution in [0.2, 0.25) is 0 Å². The van der Waals surface area contributed by atoms with Crippen LogP contribution in [0.5, 0.6) is 0 Å². The molecule has 0 unspecified atom stereocenters. The highest BCUT2D eigenvalue weighted by atomic mass is 79.9. The molecule has 3 N–H and O–H groups in total. The van der Waals surface area contributed by atoms with Crippen LogP contribution in [0.25, 0.3) is 10.2 Å². The minimum atomic E-state index is -0.0989. The molecule has 28 heavy (non-hydrogen) atoms. The fraction of sp³-hybridized carbons (Fsp3) is 0.316. The molecule has 3 heterocycles. The summed E-state index contributed by atoms with van der Waals surface area (Å²) in [5.41, 5.74) is 8.35. The first-order valence-electron chi connectivity index (χ1n) is 8.71. The molecule has 1 aliphatic rings. The second-order valence-electron chi connectivity index (χ2n) is 7.14. The van der Waals surface area contributed by atoms with E-state index in [4.69, 9.17) is 5.73 Å². The van der Waals surface area contributed by atoms with E-state index < -0.39 is 0 Å². The van der Waals surface area contributed by atoms with Crippen molar-refractivity contribution in [2.45, 2.75) is 35.9 Å². The average Bonchev–Trinajstić information content (AvgIpc) is 2.99. The molecule has 0 saturated carbocycles. The van der Waals surface area contributed by atoms with Crippen molar-refractivity contribution in [3.8, 4) is 0 Å². The maximum absolute atomic E-state index is 12.2. The SMILES string of the molecule is CC1(C)Cc2c(sc3nc(SCC(=O)Nc4ccc(Br)cc4)nc(N)c23)CS1. The number of nitrogens with zero attached hydrogens (tertiary/aromatic N) is 2. The highest BCUT2D eigenvalue weighted by Gasteiger charge is 2.30. The Bertz CT molecular complexity index is 1050. The van der Waals surface area contributed by atoms with Crippen molar-refractivity contribution in [1.29, 1.82) is 0 Å². The Labute approximate surface area is 184 Å². The van der Waals surface area contributed by atoms with Crippen LogP contribution < -0.4 is 11.1 Å². The number of thioether (sulfide) groups is 2. The zero-order valence-electron chi connectivity index (χ0n) is 15.4. The number of anilines is 2. The predicted molar refractivity (Wildman–Crippen MR) is 124 cm³/mol. The third kappa shape index (κ3) is 4.32. The van der Waals surface area contributed by atoms with Crippen molar-refractivity contribution in [2.24, 2.45) is 0 Å². The number of amides is 1. The zero-order valence-corrected chi connectivity index (χ0v) is 19.4. The average molecular weight is 495 g/mol. The molecule has 9 heteroatoms. The van der Waals surface area contributed by atoms with Crippen LogP contribution in [0.4, 0.5) is 11.5 Å². The van der Waals surface area contributed by atoms with Gasteiger partial charge in [0.25, 0.3) is 0 Å². The first-order chi connectivity index (χ1) is 13.3. The molecule has 146 valence electrons. The van der Waals surface area contributed by atoms with Crippen LogP contribution in [-0.2, 0) is 17.0 Å². The van der Waals surface area contributed by atoms with Gasteiger partial charge in [0.1, 0.15) is 10.6 Å². The number of rotatable bonds is 4. The van der Waals surface area contributed by atoms with Gasteiger partial charge in [-0.25, -0.2) is 9.97 Å². The molecule has 1 aliphatic heterocycles. The van der Waals surface area contributed by atoms with Gasteiger partial charge in [0.05, 0.1) is 11.1 Å². The summed E-state index contributed by atoms with van der Waals surface area (Å²) >= 11 is 8.35. The van der Waals surface area contributed by atoms with Gasteiger partial charge in [-0.05, 0) is 36.2 Å². The minimum Gasteiger partial charge on any atom is -0.383 e. The van der Waals surface area contributed by atoms with Crippen LogP contribution in [0, 0.1) is 0 Å². The largest absolute Gasteiger partial charge is 0.383 e. The van der Waals surface area contributed by atoms with Gasteiger partial charge >= 0.3 is 0 Å². The molecule has 2 aromatic heterocycles. The lowest BCUT2D eigenvalue weighted by atomic mass is 9.99. The monoisotopic (exact) mass is 494 g/mol. The van der Waals surface area contributed by atoms with E-state index >= 15 is 0 Å². The summed E-state index contributed by atoms with van der Waals surface area (Å²) in [6.45, 7) is 4.52. The number of hydrogen-bond donors (Lipinski definition) is 2. The van der Waals surface area contributed by atoms with Crippen molar-refractivity contribution in [3.05, 3.63) is 39.2 Å². The number of thiophene rings is 1. The van der Waals surface area contributed by atoms with E-state index in [1.54, 1.807) is 11.3 Å². The number of nitrogens with two attached hydrogens (primary N) is 1. The summed E-state index contributed by atoms with van der Waals surface area (Å²) < 4.78 is 1.17. The van der Waals surface area contributed by atoms with E-state index in [1.807, 2.05) is 36.0 Å². The summed E-state index contributed by atoms with van der Waals surface area (Å²) in [5, 5.41) is 4.41. The van der Waals surface area contributed by atoms with Gasteiger partial charge in [-0.15, -0.1) is 23.1 Å². The Morgan fingerprint density at radius 2 is 2.07 bits per heavy atom. The maximum Gasteiger partial charge on any atom is 0.234 e. The molecule has 0 radical (unpaired) electrons. The van der Waals surface area contributed by atoms with E-state index in [9.17, 15) is 4.79 Å². The second-order valence-corrected chi connectivity index (χ2v) is 11.8. The molecule has 1 aromatic carbocycles. The van der Waals surface area contributed by atoms with Gasteiger partial charge in [-0.1, -0.05) is 41.5 Å². The summed E-state index contributed by atoms with van der Waals surface area (Å²) in [4.78, 5) is 23.6. The van der Waals surface area contributed by atoms with Crippen molar-refractivity contribution in [3.63, 3.8) is 0 Å². The van der Waals surface area contributed by atoms with E-state index in [2.05, 4.69) is 45.1 Å². The molecule has 3 aromatic rings. The molecule has 0 aliphatic carbocycles. The number of hydrogen-bond acceptors (Lipinski definition) is 7. The third-order valence-electron chi connectivity index (χ3n) is 4.40. The third-order valence-corrected chi connectivity index (χ3v) is 8.44. The van der Waals surface area contributed by atoms with Crippen molar-refractivity contribution in [1.82, 2.24) is 9.97 Å². The molecular formula is C19H19BrN4OS3. The van der Waals surface area contributed by atoms with Crippen LogP contribution in [-0.4, -0.2) is 26.4 Å². The van der Waals surface area contributed by atoms with Gasteiger partial charge in [0, 0.05) is 25.5 Å². The lowest BCUT2D eigenvalue weighted by Crippen LogP contribution is -2.22.